The van der Waals surface area contributed by atoms with Crippen LogP contribution in [0.2, 0.25) is 0 Å². The second-order valence-corrected chi connectivity index (χ2v) is 5.27. The van der Waals surface area contributed by atoms with E-state index in [1.165, 1.54) is 0 Å². The van der Waals surface area contributed by atoms with Gasteiger partial charge in [-0.1, -0.05) is 19.8 Å². The van der Waals surface area contributed by atoms with Crippen LogP contribution in [0.3, 0.4) is 0 Å². The van der Waals surface area contributed by atoms with Gasteiger partial charge in [0.25, 0.3) is 0 Å². The molecule has 0 bridgehead atoms. The van der Waals surface area contributed by atoms with Gasteiger partial charge < -0.3 is 9.05 Å². The molecule has 0 aromatic carbocycles. The average Bonchev–Trinajstić information content (AvgIpc) is 1.99. The number of hydrogen-bond donors (Lipinski definition) is 0. The molecule has 72 valence electrons. The van der Waals surface area contributed by atoms with Gasteiger partial charge in [-0.25, -0.2) is 0 Å². The van der Waals surface area contributed by atoms with Crippen LogP contribution in [0, 0.1) is 0 Å². The Morgan fingerprint density at radius 1 is 1.58 bits per heavy atom. The Morgan fingerprint density at radius 2 is 2.33 bits per heavy atom. The highest BCUT2D eigenvalue weighted by molar-refractivity contribution is 7.53. The minimum Gasteiger partial charge on any atom is -0.309 e. The summed E-state index contributed by atoms with van der Waals surface area (Å²) in [6.45, 7) is 4.28. The summed E-state index contributed by atoms with van der Waals surface area (Å²) in [5.74, 6) is 0. The van der Waals surface area contributed by atoms with E-state index in [1.807, 2.05) is 0 Å². The SMILES string of the molecule is CCCCC1CCOP(C)(=O)O1. The number of hydrogen-bond acceptors (Lipinski definition) is 3. The van der Waals surface area contributed by atoms with Gasteiger partial charge in [0.05, 0.1) is 12.7 Å². The first-order chi connectivity index (χ1) is 5.64. The molecule has 12 heavy (non-hydrogen) atoms. The Labute approximate surface area is 74.0 Å². The molecule has 1 saturated heterocycles. The van der Waals surface area contributed by atoms with E-state index in [2.05, 4.69) is 6.92 Å². The molecule has 0 aromatic heterocycles. The van der Waals surface area contributed by atoms with Crippen molar-refractivity contribution in [2.45, 2.75) is 38.7 Å². The van der Waals surface area contributed by atoms with Crippen molar-refractivity contribution in [2.24, 2.45) is 0 Å². The predicted molar refractivity (Wildman–Crippen MR) is 48.5 cm³/mol. The van der Waals surface area contributed by atoms with E-state index in [0.29, 0.717) is 6.61 Å². The van der Waals surface area contributed by atoms with Crippen LogP contribution >= 0.6 is 7.60 Å². The van der Waals surface area contributed by atoms with Crippen LogP contribution in [0.25, 0.3) is 0 Å². The third kappa shape index (κ3) is 3.26. The molecule has 1 aliphatic heterocycles. The zero-order valence-electron chi connectivity index (χ0n) is 7.78. The van der Waals surface area contributed by atoms with Gasteiger partial charge in [0.2, 0.25) is 0 Å². The molecule has 1 fully saturated rings. The van der Waals surface area contributed by atoms with Crippen molar-refractivity contribution < 1.29 is 13.6 Å². The predicted octanol–water partition coefficient (Wildman–Crippen LogP) is 2.81. The number of rotatable bonds is 3. The Hall–Kier alpha value is 0.150. The van der Waals surface area contributed by atoms with Gasteiger partial charge >= 0.3 is 7.60 Å². The van der Waals surface area contributed by atoms with Crippen LogP contribution in [0.4, 0.5) is 0 Å². The van der Waals surface area contributed by atoms with E-state index in [4.69, 9.17) is 9.05 Å². The molecular weight excluding hydrogens is 175 g/mol. The topological polar surface area (TPSA) is 35.5 Å². The Bertz CT molecular complexity index is 181. The fraction of sp³-hybridized carbons (Fsp3) is 1.00. The first-order valence-electron chi connectivity index (χ1n) is 4.54. The van der Waals surface area contributed by atoms with Crippen LogP contribution in [0.5, 0.6) is 0 Å². The second-order valence-electron chi connectivity index (χ2n) is 3.26. The third-order valence-electron chi connectivity index (χ3n) is 1.99. The lowest BCUT2D eigenvalue weighted by Crippen LogP contribution is -2.19. The molecule has 0 radical (unpaired) electrons. The van der Waals surface area contributed by atoms with Gasteiger partial charge in [-0.15, -0.1) is 0 Å². The summed E-state index contributed by atoms with van der Waals surface area (Å²) < 4.78 is 21.7. The largest absolute Gasteiger partial charge is 0.327 e. The second kappa shape index (κ2) is 4.40. The molecule has 1 heterocycles. The minimum absolute atomic E-state index is 0.162. The van der Waals surface area contributed by atoms with Crippen molar-refractivity contribution in [3.8, 4) is 0 Å². The van der Waals surface area contributed by atoms with Gasteiger partial charge in [-0.05, 0) is 12.8 Å². The summed E-state index contributed by atoms with van der Waals surface area (Å²) in [7, 11) is -2.68. The van der Waals surface area contributed by atoms with Crippen molar-refractivity contribution in [1.82, 2.24) is 0 Å². The lowest BCUT2D eigenvalue weighted by molar-refractivity contribution is 0.0777. The smallest absolute Gasteiger partial charge is 0.309 e. The van der Waals surface area contributed by atoms with Gasteiger partial charge in [-0.2, -0.15) is 0 Å². The molecule has 1 rings (SSSR count). The Kier molecular flexibility index (Phi) is 3.76. The minimum atomic E-state index is -2.68. The Morgan fingerprint density at radius 3 is 2.92 bits per heavy atom. The highest BCUT2D eigenvalue weighted by Crippen LogP contribution is 2.49. The van der Waals surface area contributed by atoms with Crippen LogP contribution in [0.1, 0.15) is 32.6 Å². The monoisotopic (exact) mass is 192 g/mol. The molecule has 0 aliphatic carbocycles. The van der Waals surface area contributed by atoms with Crippen molar-refractivity contribution in [2.75, 3.05) is 13.3 Å². The molecule has 0 amide bonds. The first-order valence-corrected chi connectivity index (χ1v) is 6.53. The molecule has 0 aromatic rings. The van der Waals surface area contributed by atoms with Crippen LogP contribution in [-0.2, 0) is 13.6 Å². The lowest BCUT2D eigenvalue weighted by Gasteiger charge is -2.27. The highest BCUT2D eigenvalue weighted by atomic mass is 31.2. The van der Waals surface area contributed by atoms with Crippen LogP contribution in [0.15, 0.2) is 0 Å². The molecular formula is C8H17O3P. The molecule has 0 spiro atoms. The maximum atomic E-state index is 11.4. The Balaban J connectivity index is 2.31. The standard InChI is InChI=1S/C8H17O3P/c1-3-4-5-8-6-7-10-12(2,9)11-8/h8H,3-7H2,1-2H3. The van der Waals surface area contributed by atoms with Crippen LogP contribution in [-0.4, -0.2) is 19.4 Å². The molecule has 0 saturated carbocycles. The van der Waals surface area contributed by atoms with E-state index in [0.717, 1.165) is 25.7 Å². The summed E-state index contributed by atoms with van der Waals surface area (Å²) >= 11 is 0. The molecule has 2 unspecified atom stereocenters. The average molecular weight is 192 g/mol. The highest BCUT2D eigenvalue weighted by Gasteiger charge is 2.27. The normalized spacial score (nSPS) is 36.7. The maximum absolute atomic E-state index is 11.4. The van der Waals surface area contributed by atoms with Gasteiger partial charge in [0.1, 0.15) is 0 Å². The van der Waals surface area contributed by atoms with Crippen molar-refractivity contribution in [1.29, 1.82) is 0 Å². The van der Waals surface area contributed by atoms with Gasteiger partial charge in [-0.3, -0.25) is 4.57 Å². The third-order valence-corrected chi connectivity index (χ3v) is 3.32. The summed E-state index contributed by atoms with van der Waals surface area (Å²) in [6, 6.07) is 0. The molecule has 3 nitrogen and oxygen atoms in total. The van der Waals surface area contributed by atoms with Crippen molar-refractivity contribution in [3.05, 3.63) is 0 Å². The van der Waals surface area contributed by atoms with E-state index in [-0.39, 0.29) is 6.10 Å². The number of unbranched alkanes of at least 4 members (excludes halogenated alkanes) is 1. The molecule has 0 N–H and O–H groups in total. The van der Waals surface area contributed by atoms with E-state index in [9.17, 15) is 4.57 Å². The fourth-order valence-corrected chi connectivity index (χ4v) is 2.58. The molecule has 2 atom stereocenters. The zero-order chi connectivity index (χ0) is 9.03. The molecule has 4 heteroatoms. The summed E-state index contributed by atoms with van der Waals surface area (Å²) in [6.07, 6.45) is 4.36. The summed E-state index contributed by atoms with van der Waals surface area (Å²) in [5.41, 5.74) is 0. The van der Waals surface area contributed by atoms with Gasteiger partial charge in [0.15, 0.2) is 0 Å². The van der Waals surface area contributed by atoms with Crippen molar-refractivity contribution in [3.63, 3.8) is 0 Å². The maximum Gasteiger partial charge on any atom is 0.327 e. The van der Waals surface area contributed by atoms with Gasteiger partial charge in [0, 0.05) is 6.66 Å². The summed E-state index contributed by atoms with van der Waals surface area (Å²) in [5, 5.41) is 0. The summed E-state index contributed by atoms with van der Waals surface area (Å²) in [4.78, 5) is 0. The van der Waals surface area contributed by atoms with E-state index < -0.39 is 7.60 Å². The fourth-order valence-electron chi connectivity index (χ4n) is 1.33. The van der Waals surface area contributed by atoms with E-state index in [1.54, 1.807) is 6.66 Å². The van der Waals surface area contributed by atoms with Crippen molar-refractivity contribution >= 4 is 7.60 Å². The quantitative estimate of drug-likeness (QED) is 0.645. The van der Waals surface area contributed by atoms with E-state index >= 15 is 0 Å². The van der Waals surface area contributed by atoms with Crippen LogP contribution < -0.4 is 0 Å². The zero-order valence-corrected chi connectivity index (χ0v) is 8.68. The lowest BCUT2D eigenvalue weighted by atomic mass is 10.1. The molecule has 1 aliphatic rings. The first kappa shape index (κ1) is 10.2.